The highest BCUT2D eigenvalue weighted by atomic mass is 35.5. The highest BCUT2D eigenvalue weighted by Crippen LogP contribution is 2.25. The van der Waals surface area contributed by atoms with Crippen molar-refractivity contribution in [3.63, 3.8) is 0 Å². The van der Waals surface area contributed by atoms with Gasteiger partial charge in [-0.05, 0) is 12.1 Å². The van der Waals surface area contributed by atoms with Gasteiger partial charge in [-0.1, -0.05) is 48.0 Å². The number of benzodiazepines with no additional fused rings is 1. The molecule has 3 heteroatoms. The van der Waals surface area contributed by atoms with E-state index in [0.29, 0.717) is 0 Å². The number of nitrogens with one attached hydrogen (secondary N) is 1. The van der Waals surface area contributed by atoms with Gasteiger partial charge >= 0.3 is 0 Å². The molecule has 1 heterocycles. The van der Waals surface area contributed by atoms with Crippen LogP contribution in [0.25, 0.3) is 0 Å². The van der Waals surface area contributed by atoms with Gasteiger partial charge in [0.1, 0.15) is 0 Å². The third kappa shape index (κ3) is 2.00. The molecular formula is C15H13ClN2. The number of hydrogen-bond donors (Lipinski definition) is 1. The molecule has 0 bridgehead atoms. The van der Waals surface area contributed by atoms with Gasteiger partial charge in [0.15, 0.2) is 0 Å². The lowest BCUT2D eigenvalue weighted by Crippen LogP contribution is -2.05. The van der Waals surface area contributed by atoms with Crippen LogP contribution in [-0.4, -0.2) is 18.8 Å². The van der Waals surface area contributed by atoms with Crippen LogP contribution in [0.3, 0.4) is 0 Å². The molecule has 0 saturated carbocycles. The van der Waals surface area contributed by atoms with E-state index in [-0.39, 0.29) is 0 Å². The SMILES string of the molecule is Clc1ccccc1C1=NCCNc2ccccc21. The van der Waals surface area contributed by atoms with Gasteiger partial charge < -0.3 is 5.32 Å². The number of hydrogen-bond acceptors (Lipinski definition) is 2. The minimum Gasteiger partial charge on any atom is -0.383 e. The molecule has 90 valence electrons. The second-order valence-electron chi connectivity index (χ2n) is 4.18. The Morgan fingerprint density at radius 1 is 0.944 bits per heavy atom. The molecule has 3 rings (SSSR count). The van der Waals surface area contributed by atoms with Crippen LogP contribution in [-0.2, 0) is 0 Å². The van der Waals surface area contributed by atoms with Crippen molar-refractivity contribution in [2.75, 3.05) is 18.4 Å². The van der Waals surface area contributed by atoms with E-state index >= 15 is 0 Å². The van der Waals surface area contributed by atoms with Crippen molar-refractivity contribution in [1.29, 1.82) is 0 Å². The molecule has 1 N–H and O–H groups in total. The average molecular weight is 257 g/mol. The monoisotopic (exact) mass is 256 g/mol. The maximum atomic E-state index is 6.28. The number of para-hydroxylation sites is 1. The zero-order valence-electron chi connectivity index (χ0n) is 9.86. The summed E-state index contributed by atoms with van der Waals surface area (Å²) in [6, 6.07) is 16.1. The summed E-state index contributed by atoms with van der Waals surface area (Å²) in [7, 11) is 0. The van der Waals surface area contributed by atoms with Crippen molar-refractivity contribution >= 4 is 23.0 Å². The van der Waals surface area contributed by atoms with Crippen LogP contribution in [0, 0.1) is 0 Å². The van der Waals surface area contributed by atoms with Crippen LogP contribution in [0.15, 0.2) is 53.5 Å². The van der Waals surface area contributed by atoms with Crippen LogP contribution in [0.4, 0.5) is 5.69 Å². The first kappa shape index (κ1) is 11.3. The third-order valence-corrected chi connectivity index (χ3v) is 3.34. The topological polar surface area (TPSA) is 24.4 Å². The summed E-state index contributed by atoms with van der Waals surface area (Å²) in [4.78, 5) is 4.67. The first-order valence-corrected chi connectivity index (χ1v) is 6.37. The molecule has 2 aromatic carbocycles. The zero-order chi connectivity index (χ0) is 12.4. The second kappa shape index (κ2) is 4.83. The molecule has 0 aromatic heterocycles. The molecule has 0 unspecified atom stereocenters. The number of halogens is 1. The number of anilines is 1. The Kier molecular flexibility index (Phi) is 3.03. The molecule has 0 atom stereocenters. The van der Waals surface area contributed by atoms with Gasteiger partial charge in [0.25, 0.3) is 0 Å². The lowest BCUT2D eigenvalue weighted by Gasteiger charge is -2.11. The van der Waals surface area contributed by atoms with Crippen LogP contribution in [0.5, 0.6) is 0 Å². The van der Waals surface area contributed by atoms with Crippen molar-refractivity contribution in [3.8, 4) is 0 Å². The minimum absolute atomic E-state index is 0.743. The number of fused-ring (bicyclic) bond motifs is 1. The molecule has 2 aromatic rings. The summed E-state index contributed by atoms with van der Waals surface area (Å²) < 4.78 is 0. The summed E-state index contributed by atoms with van der Waals surface area (Å²) >= 11 is 6.28. The normalized spacial score (nSPS) is 14.2. The Morgan fingerprint density at radius 2 is 1.67 bits per heavy atom. The molecule has 18 heavy (non-hydrogen) atoms. The van der Waals surface area contributed by atoms with E-state index in [9.17, 15) is 0 Å². The molecule has 1 aliphatic rings. The first-order valence-electron chi connectivity index (χ1n) is 5.99. The fraction of sp³-hybridized carbons (Fsp3) is 0.133. The van der Waals surface area contributed by atoms with E-state index in [1.165, 1.54) is 0 Å². The number of nitrogens with zero attached hydrogens (tertiary/aromatic N) is 1. The van der Waals surface area contributed by atoms with E-state index in [2.05, 4.69) is 22.4 Å². The van der Waals surface area contributed by atoms with Crippen LogP contribution < -0.4 is 5.32 Å². The van der Waals surface area contributed by atoms with Crippen LogP contribution in [0.1, 0.15) is 11.1 Å². The Hall–Kier alpha value is -1.80. The van der Waals surface area contributed by atoms with Gasteiger partial charge in [0.05, 0.1) is 12.3 Å². The Balaban J connectivity index is 2.18. The van der Waals surface area contributed by atoms with E-state index in [0.717, 1.165) is 40.6 Å². The van der Waals surface area contributed by atoms with Crippen molar-refractivity contribution < 1.29 is 0 Å². The summed E-state index contributed by atoms with van der Waals surface area (Å²) in [5.41, 5.74) is 4.20. The molecule has 0 spiro atoms. The molecule has 0 amide bonds. The molecule has 0 aliphatic carbocycles. The highest BCUT2D eigenvalue weighted by molar-refractivity contribution is 6.35. The summed E-state index contributed by atoms with van der Waals surface area (Å²) in [6.45, 7) is 1.61. The number of rotatable bonds is 1. The molecule has 0 radical (unpaired) electrons. The fourth-order valence-electron chi connectivity index (χ4n) is 2.17. The van der Waals surface area contributed by atoms with Gasteiger partial charge in [-0.25, -0.2) is 0 Å². The lowest BCUT2D eigenvalue weighted by atomic mass is 10.0. The van der Waals surface area contributed by atoms with Crippen LogP contribution >= 0.6 is 11.6 Å². The maximum Gasteiger partial charge on any atom is 0.0755 e. The van der Waals surface area contributed by atoms with Crippen molar-refractivity contribution in [3.05, 3.63) is 64.7 Å². The van der Waals surface area contributed by atoms with Crippen LogP contribution in [0.2, 0.25) is 5.02 Å². The third-order valence-electron chi connectivity index (χ3n) is 3.01. The van der Waals surface area contributed by atoms with Gasteiger partial charge in [-0.3, -0.25) is 4.99 Å². The van der Waals surface area contributed by atoms with Gasteiger partial charge in [0.2, 0.25) is 0 Å². The largest absolute Gasteiger partial charge is 0.383 e. The lowest BCUT2D eigenvalue weighted by molar-refractivity contribution is 1.04. The average Bonchev–Trinajstić information content (AvgIpc) is 2.62. The summed E-state index contributed by atoms with van der Waals surface area (Å²) in [5, 5.41) is 4.13. The van der Waals surface area contributed by atoms with E-state index < -0.39 is 0 Å². The summed E-state index contributed by atoms with van der Waals surface area (Å²) in [5.74, 6) is 0. The predicted molar refractivity (Wildman–Crippen MR) is 76.9 cm³/mol. The van der Waals surface area contributed by atoms with Crippen molar-refractivity contribution in [1.82, 2.24) is 0 Å². The highest BCUT2D eigenvalue weighted by Gasteiger charge is 2.15. The molecule has 0 fully saturated rings. The standard InChI is InChI=1S/C15H13ClN2/c16-13-7-3-1-5-11(13)15-12-6-2-4-8-14(12)17-9-10-18-15/h1-8,17H,9-10H2. The van der Waals surface area contributed by atoms with E-state index in [4.69, 9.17) is 11.6 Å². The second-order valence-corrected chi connectivity index (χ2v) is 4.59. The molecule has 0 saturated heterocycles. The molecule has 2 nitrogen and oxygen atoms in total. The van der Waals surface area contributed by atoms with Crippen molar-refractivity contribution in [2.24, 2.45) is 4.99 Å². The zero-order valence-corrected chi connectivity index (χ0v) is 10.6. The quantitative estimate of drug-likeness (QED) is 0.828. The summed E-state index contributed by atoms with van der Waals surface area (Å²) in [6.07, 6.45) is 0. The minimum atomic E-state index is 0.743. The van der Waals surface area contributed by atoms with Gasteiger partial charge in [-0.15, -0.1) is 0 Å². The van der Waals surface area contributed by atoms with Gasteiger partial charge in [-0.2, -0.15) is 0 Å². The van der Waals surface area contributed by atoms with Crippen molar-refractivity contribution in [2.45, 2.75) is 0 Å². The molecule has 1 aliphatic heterocycles. The Bertz CT molecular complexity index is 605. The predicted octanol–water partition coefficient (Wildman–Crippen LogP) is 3.60. The number of benzene rings is 2. The Morgan fingerprint density at radius 3 is 2.50 bits per heavy atom. The van der Waals surface area contributed by atoms with E-state index in [1.807, 2.05) is 36.4 Å². The fourth-order valence-corrected chi connectivity index (χ4v) is 2.40. The smallest absolute Gasteiger partial charge is 0.0755 e. The molecular weight excluding hydrogens is 244 g/mol. The van der Waals surface area contributed by atoms with Gasteiger partial charge in [0, 0.05) is 28.4 Å². The van der Waals surface area contributed by atoms with E-state index in [1.54, 1.807) is 0 Å². The number of aliphatic imine (C=N–C) groups is 1. The first-order chi connectivity index (χ1) is 8.86. The maximum absolute atomic E-state index is 6.28. The Labute approximate surface area is 111 Å².